The molecule has 1 aromatic carbocycles. The van der Waals surface area contributed by atoms with Crippen LogP contribution in [-0.2, 0) is 0 Å². The van der Waals surface area contributed by atoms with E-state index in [1.165, 1.54) is 18.2 Å². The molecule has 0 aliphatic carbocycles. The number of anilines is 1. The fraction of sp³-hybridized carbons (Fsp3) is 0.333. The van der Waals surface area contributed by atoms with Crippen LogP contribution >= 0.6 is 11.6 Å². The summed E-state index contributed by atoms with van der Waals surface area (Å²) < 4.78 is 0. The third-order valence-corrected chi connectivity index (χ3v) is 2.98. The molecule has 1 aromatic rings. The van der Waals surface area contributed by atoms with E-state index in [9.17, 15) is 15.2 Å². The lowest BCUT2D eigenvalue weighted by molar-refractivity contribution is -0.384. The van der Waals surface area contributed by atoms with Crippen LogP contribution in [-0.4, -0.2) is 29.2 Å². The maximum absolute atomic E-state index is 10.9. The highest BCUT2D eigenvalue weighted by atomic mass is 35.5. The fourth-order valence-corrected chi connectivity index (χ4v) is 1.67. The molecule has 6 nitrogen and oxygen atoms in total. The van der Waals surface area contributed by atoms with Gasteiger partial charge in [-0.05, 0) is 18.6 Å². The standard InChI is InChI=1S/C12H16ClN3O3/c1-8-10(13)4-5-11(16(18)19)12(8)15-6-2-3-9(17)7-14/h2-5,9,15,17H,6-7,14H2,1H3/b3-2+/t9-/m1/s1. The van der Waals surface area contributed by atoms with Crippen molar-refractivity contribution in [3.8, 4) is 0 Å². The van der Waals surface area contributed by atoms with Gasteiger partial charge in [0.15, 0.2) is 0 Å². The zero-order valence-electron chi connectivity index (χ0n) is 10.5. The van der Waals surface area contributed by atoms with Crippen LogP contribution in [0.5, 0.6) is 0 Å². The van der Waals surface area contributed by atoms with Crippen LogP contribution in [0.15, 0.2) is 24.3 Å². The van der Waals surface area contributed by atoms with Crippen LogP contribution in [0.1, 0.15) is 5.56 Å². The zero-order chi connectivity index (χ0) is 14.4. The number of aliphatic hydroxyl groups excluding tert-OH is 1. The van der Waals surface area contributed by atoms with E-state index in [1.807, 2.05) is 0 Å². The quantitative estimate of drug-likeness (QED) is 0.420. The normalized spacial score (nSPS) is 12.6. The minimum atomic E-state index is -0.711. The molecule has 0 aliphatic heterocycles. The molecule has 0 amide bonds. The Bertz CT molecular complexity index is 491. The molecule has 0 saturated carbocycles. The smallest absolute Gasteiger partial charge is 0.292 e. The predicted octanol–water partition coefficient (Wildman–Crippen LogP) is 1.84. The third-order valence-electron chi connectivity index (χ3n) is 2.57. The Morgan fingerprint density at radius 1 is 1.63 bits per heavy atom. The molecule has 0 saturated heterocycles. The molecule has 0 aliphatic rings. The first kappa shape index (κ1) is 15.4. The van der Waals surface area contributed by atoms with Crippen LogP contribution < -0.4 is 11.1 Å². The molecular weight excluding hydrogens is 270 g/mol. The number of nitrogens with two attached hydrogens (primary N) is 1. The lowest BCUT2D eigenvalue weighted by atomic mass is 10.1. The van der Waals surface area contributed by atoms with Crippen LogP contribution in [0.3, 0.4) is 0 Å². The van der Waals surface area contributed by atoms with E-state index in [1.54, 1.807) is 13.0 Å². The Morgan fingerprint density at radius 2 is 2.32 bits per heavy atom. The molecule has 0 heterocycles. The maximum atomic E-state index is 10.9. The zero-order valence-corrected chi connectivity index (χ0v) is 11.2. The number of hydrogen-bond donors (Lipinski definition) is 3. The molecule has 0 aromatic heterocycles. The molecule has 0 bridgehead atoms. The number of nitro benzene ring substituents is 1. The SMILES string of the molecule is Cc1c(Cl)ccc([N+](=O)[O-])c1NC/C=C/[C@@H](O)CN. The Balaban J connectivity index is 2.85. The van der Waals surface area contributed by atoms with Crippen molar-refractivity contribution in [1.29, 1.82) is 0 Å². The number of halogens is 1. The number of nitrogens with zero attached hydrogens (tertiary/aromatic N) is 1. The van der Waals surface area contributed by atoms with Crippen LogP contribution in [0.2, 0.25) is 5.02 Å². The van der Waals surface area contributed by atoms with Gasteiger partial charge in [-0.1, -0.05) is 23.8 Å². The first-order valence-electron chi connectivity index (χ1n) is 5.69. The van der Waals surface area contributed by atoms with Crippen molar-refractivity contribution in [1.82, 2.24) is 0 Å². The molecule has 1 atom stereocenters. The van der Waals surface area contributed by atoms with Gasteiger partial charge in [-0.2, -0.15) is 0 Å². The van der Waals surface area contributed by atoms with E-state index >= 15 is 0 Å². The second kappa shape index (κ2) is 7.08. The van der Waals surface area contributed by atoms with Crippen molar-refractivity contribution in [2.75, 3.05) is 18.4 Å². The highest BCUT2D eigenvalue weighted by Gasteiger charge is 2.17. The molecule has 0 radical (unpaired) electrons. The fourth-order valence-electron chi connectivity index (χ4n) is 1.51. The maximum Gasteiger partial charge on any atom is 0.292 e. The first-order chi connectivity index (χ1) is 8.97. The van der Waals surface area contributed by atoms with Gasteiger partial charge >= 0.3 is 0 Å². The van der Waals surface area contributed by atoms with Gasteiger partial charge in [-0.15, -0.1) is 0 Å². The van der Waals surface area contributed by atoms with Gasteiger partial charge in [0.25, 0.3) is 5.69 Å². The van der Waals surface area contributed by atoms with E-state index in [4.69, 9.17) is 17.3 Å². The first-order valence-corrected chi connectivity index (χ1v) is 6.07. The molecule has 19 heavy (non-hydrogen) atoms. The van der Waals surface area contributed by atoms with E-state index in [0.717, 1.165) is 0 Å². The van der Waals surface area contributed by atoms with Gasteiger partial charge in [0.2, 0.25) is 0 Å². The van der Waals surface area contributed by atoms with Gasteiger partial charge in [0.05, 0.1) is 11.0 Å². The van der Waals surface area contributed by atoms with Gasteiger partial charge in [-0.3, -0.25) is 10.1 Å². The summed E-state index contributed by atoms with van der Waals surface area (Å²) >= 11 is 5.94. The van der Waals surface area contributed by atoms with Crippen LogP contribution in [0.25, 0.3) is 0 Å². The summed E-state index contributed by atoms with van der Waals surface area (Å²) in [6.45, 7) is 2.17. The summed E-state index contributed by atoms with van der Waals surface area (Å²) in [6, 6.07) is 2.85. The number of nitrogens with one attached hydrogen (secondary N) is 1. The topological polar surface area (TPSA) is 101 Å². The molecule has 0 unspecified atom stereocenters. The van der Waals surface area contributed by atoms with Crippen LogP contribution in [0, 0.1) is 17.0 Å². The summed E-state index contributed by atoms with van der Waals surface area (Å²) in [5.41, 5.74) is 6.21. The van der Waals surface area contributed by atoms with E-state index < -0.39 is 11.0 Å². The molecular formula is C12H16ClN3O3. The van der Waals surface area contributed by atoms with E-state index in [-0.39, 0.29) is 12.2 Å². The van der Waals surface area contributed by atoms with Crippen molar-refractivity contribution < 1.29 is 10.0 Å². The van der Waals surface area contributed by atoms with Crippen LogP contribution in [0.4, 0.5) is 11.4 Å². The number of aliphatic hydroxyl groups is 1. The van der Waals surface area contributed by atoms with Crippen molar-refractivity contribution in [3.63, 3.8) is 0 Å². The second-order valence-corrected chi connectivity index (χ2v) is 4.34. The number of hydrogen-bond acceptors (Lipinski definition) is 5. The van der Waals surface area contributed by atoms with E-state index in [2.05, 4.69) is 5.32 Å². The second-order valence-electron chi connectivity index (χ2n) is 3.94. The lowest BCUT2D eigenvalue weighted by Gasteiger charge is -2.09. The third kappa shape index (κ3) is 4.20. The summed E-state index contributed by atoms with van der Waals surface area (Å²) in [6.07, 6.45) is 2.47. The Morgan fingerprint density at radius 3 is 2.89 bits per heavy atom. The number of benzene rings is 1. The Hall–Kier alpha value is -1.63. The van der Waals surface area contributed by atoms with Gasteiger partial charge in [0, 0.05) is 24.2 Å². The largest absolute Gasteiger partial charge is 0.388 e. The van der Waals surface area contributed by atoms with Gasteiger partial charge in [0.1, 0.15) is 5.69 Å². The van der Waals surface area contributed by atoms with Crippen molar-refractivity contribution >= 4 is 23.0 Å². The Kier molecular flexibility index (Phi) is 5.75. The molecule has 0 fully saturated rings. The lowest BCUT2D eigenvalue weighted by Crippen LogP contribution is -2.17. The van der Waals surface area contributed by atoms with E-state index in [0.29, 0.717) is 22.8 Å². The van der Waals surface area contributed by atoms with Crippen molar-refractivity contribution in [3.05, 3.63) is 45.0 Å². The molecule has 1 rings (SSSR count). The Labute approximate surface area is 116 Å². The predicted molar refractivity (Wildman–Crippen MR) is 75.5 cm³/mol. The monoisotopic (exact) mass is 285 g/mol. The van der Waals surface area contributed by atoms with Crippen molar-refractivity contribution in [2.45, 2.75) is 13.0 Å². The molecule has 0 spiro atoms. The number of rotatable bonds is 6. The molecule has 4 N–H and O–H groups in total. The van der Waals surface area contributed by atoms with Gasteiger partial charge in [-0.25, -0.2) is 0 Å². The summed E-state index contributed by atoms with van der Waals surface area (Å²) in [5, 5.41) is 23.5. The number of nitro groups is 1. The molecule has 104 valence electrons. The minimum Gasteiger partial charge on any atom is -0.388 e. The highest BCUT2D eigenvalue weighted by molar-refractivity contribution is 6.31. The summed E-state index contributed by atoms with van der Waals surface area (Å²) in [5.74, 6) is 0. The minimum absolute atomic E-state index is 0.0327. The van der Waals surface area contributed by atoms with Gasteiger partial charge < -0.3 is 16.2 Å². The summed E-state index contributed by atoms with van der Waals surface area (Å²) in [7, 11) is 0. The highest BCUT2D eigenvalue weighted by Crippen LogP contribution is 2.32. The van der Waals surface area contributed by atoms with Crippen molar-refractivity contribution in [2.24, 2.45) is 5.73 Å². The average Bonchev–Trinajstić information content (AvgIpc) is 2.38. The molecule has 7 heteroatoms. The summed E-state index contributed by atoms with van der Waals surface area (Å²) in [4.78, 5) is 10.5. The average molecular weight is 286 g/mol.